The van der Waals surface area contributed by atoms with Crippen LogP contribution >= 0.6 is 0 Å². The van der Waals surface area contributed by atoms with Crippen LogP contribution in [0.4, 0.5) is 0 Å². The Kier molecular flexibility index (Phi) is 4.79. The number of furan rings is 1. The van der Waals surface area contributed by atoms with Crippen molar-refractivity contribution in [1.82, 2.24) is 4.90 Å². The minimum Gasteiger partial charge on any atom is -0.465 e. The average molecular weight is 275 g/mol. The molecule has 0 fully saturated rings. The molecule has 2 aromatic rings. The number of rotatable bonds is 6. The lowest BCUT2D eigenvalue weighted by molar-refractivity contribution is -0.144. The molecule has 0 radical (unpaired) electrons. The largest absolute Gasteiger partial charge is 0.465 e. The normalized spacial score (nSPS) is 11.2. The fraction of sp³-hybridized carbons (Fsp3) is 0.438. The van der Waals surface area contributed by atoms with Crippen LogP contribution in [0.3, 0.4) is 0 Å². The first kappa shape index (κ1) is 14.6. The van der Waals surface area contributed by atoms with Gasteiger partial charge in [-0.05, 0) is 20.0 Å². The maximum atomic E-state index is 11.5. The average Bonchev–Trinajstić information content (AvgIpc) is 2.77. The number of benzene rings is 1. The Morgan fingerprint density at radius 1 is 1.30 bits per heavy atom. The van der Waals surface area contributed by atoms with Crippen LogP contribution in [0.25, 0.3) is 11.0 Å². The van der Waals surface area contributed by atoms with Gasteiger partial charge in [0.05, 0.1) is 13.2 Å². The van der Waals surface area contributed by atoms with Gasteiger partial charge in [-0.1, -0.05) is 25.1 Å². The van der Waals surface area contributed by atoms with Crippen molar-refractivity contribution in [3.05, 3.63) is 35.6 Å². The van der Waals surface area contributed by atoms with Gasteiger partial charge in [0.2, 0.25) is 0 Å². The van der Waals surface area contributed by atoms with Gasteiger partial charge in [-0.25, -0.2) is 0 Å². The number of nitrogens with zero attached hydrogens (tertiary/aromatic N) is 1. The third kappa shape index (κ3) is 3.20. The molecule has 0 atom stereocenters. The molecule has 1 aromatic carbocycles. The summed E-state index contributed by atoms with van der Waals surface area (Å²) < 4.78 is 10.8. The zero-order chi connectivity index (χ0) is 14.5. The van der Waals surface area contributed by atoms with Gasteiger partial charge in [0.15, 0.2) is 0 Å². The highest BCUT2D eigenvalue weighted by atomic mass is 16.5. The van der Waals surface area contributed by atoms with Crippen LogP contribution in [0.5, 0.6) is 0 Å². The number of hydrogen-bond acceptors (Lipinski definition) is 4. The minimum absolute atomic E-state index is 0.194. The van der Waals surface area contributed by atoms with Gasteiger partial charge >= 0.3 is 5.97 Å². The highest BCUT2D eigenvalue weighted by Gasteiger charge is 2.15. The Hall–Kier alpha value is -1.81. The summed E-state index contributed by atoms with van der Waals surface area (Å²) in [5.41, 5.74) is 2.07. The molecule has 2 rings (SSSR count). The lowest BCUT2D eigenvalue weighted by Gasteiger charge is -2.15. The highest BCUT2D eigenvalue weighted by molar-refractivity contribution is 5.82. The van der Waals surface area contributed by atoms with Crippen LogP contribution in [0, 0.1) is 0 Å². The monoisotopic (exact) mass is 275 g/mol. The molecule has 0 saturated heterocycles. The number of hydrogen-bond donors (Lipinski definition) is 0. The van der Waals surface area contributed by atoms with E-state index in [9.17, 15) is 4.79 Å². The number of carbonyl (C=O) groups is 1. The first-order valence-electron chi connectivity index (χ1n) is 6.99. The van der Waals surface area contributed by atoms with E-state index in [1.165, 1.54) is 0 Å². The van der Waals surface area contributed by atoms with Crippen molar-refractivity contribution in [3.8, 4) is 0 Å². The molecule has 0 saturated carbocycles. The van der Waals surface area contributed by atoms with E-state index in [2.05, 4.69) is 13.0 Å². The van der Waals surface area contributed by atoms with Crippen LogP contribution in [-0.4, -0.2) is 31.1 Å². The first-order valence-corrected chi connectivity index (χ1v) is 6.99. The summed E-state index contributed by atoms with van der Waals surface area (Å²) in [7, 11) is 1.91. The molecule has 108 valence electrons. The Balaban J connectivity index is 2.17. The van der Waals surface area contributed by atoms with Crippen molar-refractivity contribution in [2.24, 2.45) is 0 Å². The van der Waals surface area contributed by atoms with Gasteiger partial charge in [-0.3, -0.25) is 9.69 Å². The number of para-hydroxylation sites is 1. The van der Waals surface area contributed by atoms with E-state index in [4.69, 9.17) is 9.15 Å². The molecule has 0 aliphatic heterocycles. The number of fused-ring (bicyclic) bond motifs is 1. The van der Waals surface area contributed by atoms with E-state index in [-0.39, 0.29) is 12.5 Å². The molecule has 0 N–H and O–H groups in total. The van der Waals surface area contributed by atoms with Gasteiger partial charge in [-0.15, -0.1) is 0 Å². The maximum Gasteiger partial charge on any atom is 0.320 e. The van der Waals surface area contributed by atoms with E-state index >= 15 is 0 Å². The number of esters is 1. The lowest BCUT2D eigenvalue weighted by Crippen LogP contribution is -2.27. The molecule has 20 heavy (non-hydrogen) atoms. The summed E-state index contributed by atoms with van der Waals surface area (Å²) in [6.07, 6.45) is 0.845. The molecule has 4 nitrogen and oxygen atoms in total. The van der Waals surface area contributed by atoms with Crippen LogP contribution in [0.15, 0.2) is 28.7 Å². The molecule has 0 aliphatic carbocycles. The predicted octanol–water partition coefficient (Wildman–Crippen LogP) is 2.99. The summed E-state index contributed by atoms with van der Waals surface area (Å²) in [6.45, 7) is 5.28. The smallest absolute Gasteiger partial charge is 0.320 e. The Morgan fingerprint density at radius 2 is 2.05 bits per heavy atom. The molecular formula is C16H21NO3. The van der Waals surface area contributed by atoms with Crippen LogP contribution < -0.4 is 0 Å². The molecule has 0 unspecified atom stereocenters. The van der Waals surface area contributed by atoms with Gasteiger partial charge < -0.3 is 9.15 Å². The van der Waals surface area contributed by atoms with E-state index in [0.717, 1.165) is 28.7 Å². The highest BCUT2D eigenvalue weighted by Crippen LogP contribution is 2.27. The summed E-state index contributed by atoms with van der Waals surface area (Å²) in [6, 6.07) is 8.01. The van der Waals surface area contributed by atoms with Crippen molar-refractivity contribution in [2.45, 2.75) is 26.8 Å². The Morgan fingerprint density at radius 3 is 2.75 bits per heavy atom. The van der Waals surface area contributed by atoms with Gasteiger partial charge in [0, 0.05) is 23.9 Å². The molecule has 0 bridgehead atoms. The fourth-order valence-electron chi connectivity index (χ4n) is 2.36. The summed E-state index contributed by atoms with van der Waals surface area (Å²) in [4.78, 5) is 13.5. The molecular weight excluding hydrogens is 254 g/mol. The predicted molar refractivity (Wildman–Crippen MR) is 78.6 cm³/mol. The summed E-state index contributed by atoms with van der Waals surface area (Å²) in [5.74, 6) is 0.794. The standard InChI is InChI=1S/C16H21NO3/c1-4-14-13(10-17(3)11-16(18)19-5-2)12-8-6-7-9-15(12)20-14/h6-9H,4-5,10-11H2,1-3H3. The van der Waals surface area contributed by atoms with Crippen molar-refractivity contribution in [1.29, 1.82) is 0 Å². The van der Waals surface area contributed by atoms with E-state index in [1.54, 1.807) is 0 Å². The quantitative estimate of drug-likeness (QED) is 0.760. The zero-order valence-corrected chi connectivity index (χ0v) is 12.3. The molecule has 1 heterocycles. The summed E-state index contributed by atoms with van der Waals surface area (Å²) in [5, 5.41) is 1.13. The third-order valence-electron chi connectivity index (χ3n) is 3.24. The second-order valence-electron chi connectivity index (χ2n) is 4.83. The molecule has 0 amide bonds. The molecule has 0 spiro atoms. The van der Waals surface area contributed by atoms with Crippen molar-refractivity contribution >= 4 is 16.9 Å². The van der Waals surface area contributed by atoms with E-state index < -0.39 is 0 Å². The SMILES string of the molecule is CCOC(=O)CN(C)Cc1c(CC)oc2ccccc12. The van der Waals surface area contributed by atoms with Crippen LogP contribution in [-0.2, 0) is 22.5 Å². The Labute approximate surface area is 119 Å². The zero-order valence-electron chi connectivity index (χ0n) is 12.3. The van der Waals surface area contributed by atoms with Crippen LogP contribution in [0.1, 0.15) is 25.2 Å². The molecule has 4 heteroatoms. The molecule has 1 aromatic heterocycles. The first-order chi connectivity index (χ1) is 9.65. The second kappa shape index (κ2) is 6.57. The fourth-order valence-corrected chi connectivity index (χ4v) is 2.36. The van der Waals surface area contributed by atoms with Gasteiger partial charge in [0.25, 0.3) is 0 Å². The maximum absolute atomic E-state index is 11.5. The van der Waals surface area contributed by atoms with E-state index in [0.29, 0.717) is 13.2 Å². The third-order valence-corrected chi connectivity index (χ3v) is 3.24. The summed E-state index contributed by atoms with van der Waals surface area (Å²) >= 11 is 0. The Bertz CT molecular complexity index is 588. The lowest BCUT2D eigenvalue weighted by atomic mass is 10.1. The van der Waals surface area contributed by atoms with Gasteiger partial charge in [-0.2, -0.15) is 0 Å². The number of aryl methyl sites for hydroxylation is 1. The number of likely N-dealkylation sites (N-methyl/N-ethyl adjacent to an activating group) is 1. The topological polar surface area (TPSA) is 42.7 Å². The van der Waals surface area contributed by atoms with E-state index in [1.807, 2.05) is 37.1 Å². The van der Waals surface area contributed by atoms with Crippen molar-refractivity contribution in [2.75, 3.05) is 20.2 Å². The number of ether oxygens (including phenoxy) is 1. The number of carbonyl (C=O) groups excluding carboxylic acids is 1. The van der Waals surface area contributed by atoms with Crippen molar-refractivity contribution in [3.63, 3.8) is 0 Å². The second-order valence-corrected chi connectivity index (χ2v) is 4.83. The molecule has 0 aliphatic rings. The van der Waals surface area contributed by atoms with Crippen molar-refractivity contribution < 1.29 is 13.9 Å². The minimum atomic E-state index is -0.194. The van der Waals surface area contributed by atoms with Gasteiger partial charge in [0.1, 0.15) is 11.3 Å². The van der Waals surface area contributed by atoms with Crippen LogP contribution in [0.2, 0.25) is 0 Å².